The number of nitrogen functional groups attached to an aromatic ring is 1. The Kier molecular flexibility index (Phi) is 5.37. The summed E-state index contributed by atoms with van der Waals surface area (Å²) in [7, 11) is 0. The second kappa shape index (κ2) is 6.79. The van der Waals surface area contributed by atoms with E-state index < -0.39 is 12.1 Å². The Bertz CT molecular complexity index is 498. The van der Waals surface area contributed by atoms with Crippen LogP contribution in [0.2, 0.25) is 0 Å². The molecular weight excluding hydrogens is 260 g/mol. The molecule has 1 aromatic carbocycles. The third kappa shape index (κ3) is 3.63. The monoisotopic (exact) mass is 280 g/mol. The molecule has 1 unspecified atom stereocenters. The molecule has 0 aliphatic heterocycles. The zero-order valence-corrected chi connectivity index (χ0v) is 11.9. The lowest BCUT2D eigenvalue weighted by molar-refractivity contribution is -0.137. The van der Waals surface area contributed by atoms with Crippen molar-refractivity contribution in [2.24, 2.45) is 0 Å². The molecule has 3 N–H and O–H groups in total. The Labute approximate surface area is 118 Å². The van der Waals surface area contributed by atoms with Gasteiger partial charge in [-0.15, -0.1) is 0 Å². The molecule has 0 aliphatic carbocycles. The Hall–Kier alpha value is -2.24. The summed E-state index contributed by atoms with van der Waals surface area (Å²) in [6.45, 7) is 6.49. The number of rotatable bonds is 6. The molecule has 0 aromatic heterocycles. The highest BCUT2D eigenvalue weighted by Crippen LogP contribution is 2.23. The van der Waals surface area contributed by atoms with Crippen molar-refractivity contribution < 1.29 is 19.4 Å². The molecule has 0 heterocycles. The van der Waals surface area contributed by atoms with Gasteiger partial charge in [0.2, 0.25) is 0 Å². The lowest BCUT2D eigenvalue weighted by Gasteiger charge is -2.24. The van der Waals surface area contributed by atoms with Crippen molar-refractivity contribution in [3.63, 3.8) is 0 Å². The summed E-state index contributed by atoms with van der Waals surface area (Å²) in [6.07, 6.45) is -0.769. The van der Waals surface area contributed by atoms with Gasteiger partial charge in [-0.2, -0.15) is 0 Å². The van der Waals surface area contributed by atoms with Gasteiger partial charge in [-0.3, -0.25) is 4.79 Å². The van der Waals surface area contributed by atoms with Crippen LogP contribution in [-0.2, 0) is 4.79 Å². The van der Waals surface area contributed by atoms with Crippen LogP contribution in [0, 0.1) is 0 Å². The van der Waals surface area contributed by atoms with E-state index in [0.29, 0.717) is 18.8 Å². The standard InChI is InChI=1S/C14H20N2O4/c1-4-16(5-2)13(17)9(3)20-12-8-10(15)6-7-11(12)14(18)19/h6-9H,4-5,15H2,1-3H3,(H,18,19). The molecule has 0 aliphatic rings. The third-order valence-electron chi connectivity index (χ3n) is 2.96. The maximum Gasteiger partial charge on any atom is 0.339 e. The number of carbonyl (C=O) groups excluding carboxylic acids is 1. The number of likely N-dealkylation sites (N-methyl/N-ethyl adjacent to an activating group) is 1. The summed E-state index contributed by atoms with van der Waals surface area (Å²) >= 11 is 0. The van der Waals surface area contributed by atoms with E-state index in [1.165, 1.54) is 18.2 Å². The van der Waals surface area contributed by atoms with Gasteiger partial charge in [-0.25, -0.2) is 4.79 Å². The molecule has 0 spiro atoms. The van der Waals surface area contributed by atoms with Crippen LogP contribution in [0.1, 0.15) is 31.1 Å². The maximum absolute atomic E-state index is 12.1. The maximum atomic E-state index is 12.1. The van der Waals surface area contributed by atoms with Crippen molar-refractivity contribution in [2.75, 3.05) is 18.8 Å². The first kappa shape index (κ1) is 15.8. The number of hydrogen-bond donors (Lipinski definition) is 2. The zero-order valence-electron chi connectivity index (χ0n) is 11.9. The highest BCUT2D eigenvalue weighted by Gasteiger charge is 2.22. The van der Waals surface area contributed by atoms with E-state index in [0.717, 1.165) is 0 Å². The van der Waals surface area contributed by atoms with Crippen LogP contribution in [0.15, 0.2) is 18.2 Å². The topological polar surface area (TPSA) is 92.9 Å². The summed E-state index contributed by atoms with van der Waals surface area (Å²) in [5.41, 5.74) is 5.99. The first-order chi connectivity index (χ1) is 9.40. The van der Waals surface area contributed by atoms with Crippen molar-refractivity contribution in [1.29, 1.82) is 0 Å². The summed E-state index contributed by atoms with van der Waals surface area (Å²) < 4.78 is 5.48. The minimum atomic E-state index is -1.12. The lowest BCUT2D eigenvalue weighted by atomic mass is 10.2. The molecule has 6 heteroatoms. The van der Waals surface area contributed by atoms with Gasteiger partial charge in [-0.1, -0.05) is 0 Å². The van der Waals surface area contributed by atoms with Crippen molar-refractivity contribution >= 4 is 17.6 Å². The smallest absolute Gasteiger partial charge is 0.339 e. The zero-order chi connectivity index (χ0) is 15.3. The fraction of sp³-hybridized carbons (Fsp3) is 0.429. The number of ether oxygens (including phenoxy) is 1. The highest BCUT2D eigenvalue weighted by molar-refractivity contribution is 5.91. The van der Waals surface area contributed by atoms with Gasteiger partial charge in [0.15, 0.2) is 6.10 Å². The van der Waals surface area contributed by atoms with Crippen molar-refractivity contribution in [3.05, 3.63) is 23.8 Å². The normalized spacial score (nSPS) is 11.8. The molecule has 1 atom stereocenters. The SMILES string of the molecule is CCN(CC)C(=O)C(C)Oc1cc(N)ccc1C(=O)O. The van der Waals surface area contributed by atoms with Crippen LogP contribution in [0.5, 0.6) is 5.75 Å². The van der Waals surface area contributed by atoms with Crippen LogP contribution in [0.4, 0.5) is 5.69 Å². The summed E-state index contributed by atoms with van der Waals surface area (Å²) in [5, 5.41) is 9.09. The second-order valence-electron chi connectivity index (χ2n) is 4.33. The number of carbonyl (C=O) groups is 2. The second-order valence-corrected chi connectivity index (χ2v) is 4.33. The Balaban J connectivity index is 2.95. The minimum Gasteiger partial charge on any atom is -0.480 e. The number of anilines is 1. The molecule has 0 radical (unpaired) electrons. The Morgan fingerprint density at radius 1 is 1.35 bits per heavy atom. The first-order valence-electron chi connectivity index (χ1n) is 6.48. The average molecular weight is 280 g/mol. The number of nitrogens with two attached hydrogens (primary N) is 1. The number of amides is 1. The van der Waals surface area contributed by atoms with Gasteiger partial charge in [0.05, 0.1) is 0 Å². The highest BCUT2D eigenvalue weighted by atomic mass is 16.5. The molecule has 6 nitrogen and oxygen atoms in total. The molecule has 20 heavy (non-hydrogen) atoms. The quantitative estimate of drug-likeness (QED) is 0.772. The molecule has 1 aromatic rings. The molecule has 1 amide bonds. The van der Waals surface area contributed by atoms with E-state index in [4.69, 9.17) is 15.6 Å². The average Bonchev–Trinajstić information content (AvgIpc) is 2.39. The largest absolute Gasteiger partial charge is 0.480 e. The number of carboxylic acids is 1. The van der Waals surface area contributed by atoms with Crippen molar-refractivity contribution in [2.45, 2.75) is 26.9 Å². The predicted octanol–water partition coefficient (Wildman–Crippen LogP) is 1.60. The van der Waals surface area contributed by atoms with Crippen molar-refractivity contribution in [1.82, 2.24) is 4.90 Å². The number of carboxylic acid groups (broad SMARTS) is 1. The summed E-state index contributed by atoms with van der Waals surface area (Å²) in [4.78, 5) is 24.8. The number of hydrogen-bond acceptors (Lipinski definition) is 4. The van der Waals surface area contributed by atoms with E-state index in [9.17, 15) is 9.59 Å². The van der Waals surface area contributed by atoms with Gasteiger partial charge in [0.1, 0.15) is 11.3 Å². The Morgan fingerprint density at radius 2 is 1.95 bits per heavy atom. The molecular formula is C14H20N2O4. The van der Waals surface area contributed by atoms with E-state index in [-0.39, 0.29) is 17.2 Å². The molecule has 0 saturated carbocycles. The number of benzene rings is 1. The van der Waals surface area contributed by atoms with E-state index in [1.807, 2.05) is 13.8 Å². The van der Waals surface area contributed by atoms with Crippen LogP contribution < -0.4 is 10.5 Å². The molecule has 0 saturated heterocycles. The van der Waals surface area contributed by atoms with Gasteiger partial charge in [-0.05, 0) is 32.9 Å². The lowest BCUT2D eigenvalue weighted by Crippen LogP contribution is -2.40. The van der Waals surface area contributed by atoms with Gasteiger partial charge < -0.3 is 20.5 Å². The molecule has 0 bridgehead atoms. The van der Waals surface area contributed by atoms with Gasteiger partial charge >= 0.3 is 5.97 Å². The van der Waals surface area contributed by atoms with Crippen LogP contribution in [0.3, 0.4) is 0 Å². The van der Waals surface area contributed by atoms with Gasteiger partial charge in [0.25, 0.3) is 5.91 Å². The van der Waals surface area contributed by atoms with E-state index in [2.05, 4.69) is 0 Å². The van der Waals surface area contributed by atoms with E-state index >= 15 is 0 Å². The third-order valence-corrected chi connectivity index (χ3v) is 2.96. The molecule has 1 rings (SSSR count). The summed E-state index contributed by atoms with van der Waals surface area (Å²) in [5.74, 6) is -1.21. The Morgan fingerprint density at radius 3 is 2.45 bits per heavy atom. The van der Waals surface area contributed by atoms with Crippen LogP contribution >= 0.6 is 0 Å². The minimum absolute atomic E-state index is 0.0154. The van der Waals surface area contributed by atoms with Crippen molar-refractivity contribution in [3.8, 4) is 5.75 Å². The van der Waals surface area contributed by atoms with Gasteiger partial charge in [0, 0.05) is 24.8 Å². The molecule has 0 fully saturated rings. The predicted molar refractivity (Wildman–Crippen MR) is 75.8 cm³/mol. The fourth-order valence-corrected chi connectivity index (χ4v) is 1.85. The number of aromatic carboxylic acids is 1. The van der Waals surface area contributed by atoms with Crippen LogP contribution in [-0.4, -0.2) is 41.1 Å². The molecule has 110 valence electrons. The van der Waals surface area contributed by atoms with Crippen LogP contribution in [0.25, 0.3) is 0 Å². The first-order valence-corrected chi connectivity index (χ1v) is 6.48. The van der Waals surface area contributed by atoms with E-state index in [1.54, 1.807) is 11.8 Å². The fourth-order valence-electron chi connectivity index (χ4n) is 1.85. The summed E-state index contributed by atoms with van der Waals surface area (Å²) in [6, 6.07) is 4.25. The number of nitrogens with zero attached hydrogens (tertiary/aromatic N) is 1.